The summed E-state index contributed by atoms with van der Waals surface area (Å²) in [4.78, 5) is 19.7. The molecule has 1 aromatic heterocycles. The van der Waals surface area contributed by atoms with Crippen LogP contribution in [0.5, 0.6) is 0 Å². The number of benzene rings is 1. The zero-order valence-electron chi connectivity index (χ0n) is 18.0. The Morgan fingerprint density at radius 3 is 2.47 bits per heavy atom. The highest BCUT2D eigenvalue weighted by atomic mass is 35.5. The Kier molecular flexibility index (Phi) is 7.33. The van der Waals surface area contributed by atoms with Crippen molar-refractivity contribution < 1.29 is 13.2 Å². The first-order chi connectivity index (χ1) is 15.4. The summed E-state index contributed by atoms with van der Waals surface area (Å²) in [5.41, 5.74) is 0.750. The van der Waals surface area contributed by atoms with Crippen molar-refractivity contribution in [2.75, 3.05) is 24.5 Å². The maximum atomic E-state index is 13.6. The Morgan fingerprint density at radius 1 is 1.03 bits per heavy atom. The van der Waals surface area contributed by atoms with Crippen LogP contribution in [0.15, 0.2) is 47.5 Å². The molecule has 0 unspecified atom stereocenters. The lowest BCUT2D eigenvalue weighted by Gasteiger charge is -2.30. The first-order valence-corrected chi connectivity index (χ1v) is 13.0. The maximum absolute atomic E-state index is 13.6. The van der Waals surface area contributed by atoms with Crippen LogP contribution in [-0.2, 0) is 21.4 Å². The predicted octanol–water partition coefficient (Wildman–Crippen LogP) is 3.58. The van der Waals surface area contributed by atoms with Gasteiger partial charge in [-0.05, 0) is 74.4 Å². The second-order valence-corrected chi connectivity index (χ2v) is 10.7. The Hall–Kier alpha value is -2.16. The van der Waals surface area contributed by atoms with E-state index in [1.54, 1.807) is 18.3 Å². The van der Waals surface area contributed by atoms with Gasteiger partial charge >= 0.3 is 0 Å². The van der Waals surface area contributed by atoms with E-state index < -0.39 is 16.1 Å². The molecule has 0 radical (unpaired) electrons. The molecule has 2 aromatic rings. The lowest BCUT2D eigenvalue weighted by molar-refractivity contribution is -0.124. The van der Waals surface area contributed by atoms with Crippen LogP contribution in [0.3, 0.4) is 0 Å². The van der Waals surface area contributed by atoms with Gasteiger partial charge in [-0.25, -0.2) is 13.4 Å². The topological polar surface area (TPSA) is 82.6 Å². The van der Waals surface area contributed by atoms with Gasteiger partial charge < -0.3 is 10.2 Å². The Morgan fingerprint density at radius 2 is 1.78 bits per heavy atom. The van der Waals surface area contributed by atoms with E-state index in [0.29, 0.717) is 18.0 Å². The van der Waals surface area contributed by atoms with Crippen LogP contribution < -0.4 is 10.2 Å². The van der Waals surface area contributed by atoms with Crippen molar-refractivity contribution in [1.29, 1.82) is 0 Å². The number of hydrogen-bond acceptors (Lipinski definition) is 5. The molecule has 0 saturated carbocycles. The zero-order chi connectivity index (χ0) is 22.6. The number of rotatable bonds is 6. The van der Waals surface area contributed by atoms with Gasteiger partial charge in [-0.1, -0.05) is 17.7 Å². The Bertz CT molecular complexity index is 1020. The Labute approximate surface area is 194 Å². The second-order valence-electron chi connectivity index (χ2n) is 8.38. The smallest absolute Gasteiger partial charge is 0.244 e. The van der Waals surface area contributed by atoms with Crippen molar-refractivity contribution in [3.8, 4) is 0 Å². The molecule has 2 saturated heterocycles. The minimum atomic E-state index is -3.92. The minimum absolute atomic E-state index is 0.0797. The predicted molar refractivity (Wildman–Crippen MR) is 125 cm³/mol. The van der Waals surface area contributed by atoms with Crippen molar-refractivity contribution in [2.45, 2.75) is 56.0 Å². The highest BCUT2D eigenvalue weighted by molar-refractivity contribution is 7.89. The van der Waals surface area contributed by atoms with Crippen LogP contribution >= 0.6 is 11.6 Å². The van der Waals surface area contributed by atoms with Crippen molar-refractivity contribution in [2.24, 2.45) is 0 Å². The average molecular weight is 477 g/mol. The van der Waals surface area contributed by atoms with Crippen molar-refractivity contribution >= 4 is 33.3 Å². The van der Waals surface area contributed by atoms with Gasteiger partial charge in [0.15, 0.2) is 0 Å². The van der Waals surface area contributed by atoms with Crippen LogP contribution in [-0.4, -0.2) is 49.3 Å². The van der Waals surface area contributed by atoms with Crippen molar-refractivity contribution in [3.05, 3.63) is 53.2 Å². The van der Waals surface area contributed by atoms with E-state index in [4.69, 9.17) is 11.6 Å². The largest absolute Gasteiger partial charge is 0.357 e. The number of anilines is 1. The molecule has 2 fully saturated rings. The highest BCUT2D eigenvalue weighted by Crippen LogP contribution is 2.26. The van der Waals surface area contributed by atoms with Crippen LogP contribution in [0.25, 0.3) is 0 Å². The third-order valence-corrected chi connectivity index (χ3v) is 8.22. The first kappa shape index (κ1) is 23.0. The molecule has 0 aliphatic carbocycles. The fourth-order valence-corrected chi connectivity index (χ4v) is 6.03. The molecule has 3 heterocycles. The molecule has 4 rings (SSSR count). The van der Waals surface area contributed by atoms with Gasteiger partial charge in [-0.2, -0.15) is 4.31 Å². The molecule has 32 heavy (non-hydrogen) atoms. The van der Waals surface area contributed by atoms with Crippen LogP contribution in [0.2, 0.25) is 5.02 Å². The molecule has 0 spiro atoms. The molecule has 1 N–H and O–H groups in total. The van der Waals surface area contributed by atoms with E-state index in [1.807, 2.05) is 12.1 Å². The number of carbonyl (C=O) groups is 1. The summed E-state index contributed by atoms with van der Waals surface area (Å²) in [6, 6.07) is 9.16. The normalized spacial score (nSPS) is 20.1. The molecule has 2 aliphatic rings. The second kappa shape index (κ2) is 10.2. The fourth-order valence-electron chi connectivity index (χ4n) is 4.30. The van der Waals surface area contributed by atoms with Gasteiger partial charge in [0.2, 0.25) is 15.9 Å². The number of nitrogens with zero attached hydrogens (tertiary/aromatic N) is 3. The van der Waals surface area contributed by atoms with Crippen LogP contribution in [0.1, 0.15) is 44.1 Å². The molecular weight excluding hydrogens is 448 g/mol. The van der Waals surface area contributed by atoms with E-state index >= 15 is 0 Å². The number of piperidine rings is 1. The minimum Gasteiger partial charge on any atom is -0.357 e. The molecule has 9 heteroatoms. The average Bonchev–Trinajstić information content (AvgIpc) is 3.03. The summed E-state index contributed by atoms with van der Waals surface area (Å²) in [5.74, 6) is 0.658. The number of amides is 1. The van der Waals surface area contributed by atoms with E-state index in [1.165, 1.54) is 22.9 Å². The van der Waals surface area contributed by atoms with Gasteiger partial charge in [-0.3, -0.25) is 4.79 Å². The number of halogens is 1. The summed E-state index contributed by atoms with van der Waals surface area (Å²) in [7, 11) is -3.92. The van der Waals surface area contributed by atoms with Crippen molar-refractivity contribution in [3.63, 3.8) is 0 Å². The molecule has 1 aromatic carbocycles. The van der Waals surface area contributed by atoms with E-state index in [-0.39, 0.29) is 17.3 Å². The summed E-state index contributed by atoms with van der Waals surface area (Å²) in [6.07, 6.45) is 7.39. The Balaban J connectivity index is 1.63. The summed E-state index contributed by atoms with van der Waals surface area (Å²) >= 11 is 5.96. The molecule has 172 valence electrons. The number of aromatic nitrogens is 1. The number of sulfonamides is 1. The van der Waals surface area contributed by atoms with E-state index in [0.717, 1.165) is 50.2 Å². The molecule has 0 bridgehead atoms. The first-order valence-electron chi connectivity index (χ1n) is 11.2. The third kappa shape index (κ3) is 5.24. The third-order valence-electron chi connectivity index (χ3n) is 6.10. The molecule has 1 amide bonds. The molecule has 1 atom stereocenters. The number of carbonyl (C=O) groups excluding carboxylic acids is 1. The highest BCUT2D eigenvalue weighted by Gasteiger charge is 2.36. The van der Waals surface area contributed by atoms with Gasteiger partial charge in [0, 0.05) is 37.4 Å². The fraction of sp³-hybridized carbons (Fsp3) is 0.478. The lowest BCUT2D eigenvalue weighted by atomic mass is 10.1. The van der Waals surface area contributed by atoms with Crippen molar-refractivity contribution in [1.82, 2.24) is 14.6 Å². The quantitative estimate of drug-likeness (QED) is 0.689. The summed E-state index contributed by atoms with van der Waals surface area (Å²) in [5, 5.41) is 3.32. The summed E-state index contributed by atoms with van der Waals surface area (Å²) < 4.78 is 28.5. The van der Waals surface area contributed by atoms with Crippen LogP contribution in [0, 0.1) is 0 Å². The van der Waals surface area contributed by atoms with Gasteiger partial charge in [-0.15, -0.1) is 0 Å². The zero-order valence-corrected chi connectivity index (χ0v) is 19.6. The molecule has 7 nitrogen and oxygen atoms in total. The maximum Gasteiger partial charge on any atom is 0.244 e. The van der Waals surface area contributed by atoms with E-state index in [2.05, 4.69) is 15.2 Å². The number of hydrogen-bond donors (Lipinski definition) is 1. The summed E-state index contributed by atoms with van der Waals surface area (Å²) in [6.45, 7) is 2.63. The lowest BCUT2D eigenvalue weighted by Crippen LogP contribution is -2.48. The van der Waals surface area contributed by atoms with Gasteiger partial charge in [0.1, 0.15) is 11.9 Å². The number of nitrogens with one attached hydrogen (secondary N) is 1. The van der Waals surface area contributed by atoms with Crippen LogP contribution in [0.4, 0.5) is 5.82 Å². The van der Waals surface area contributed by atoms with Gasteiger partial charge in [0.05, 0.1) is 4.90 Å². The van der Waals surface area contributed by atoms with E-state index in [9.17, 15) is 13.2 Å². The molecular formula is C23H29ClN4O3S. The SMILES string of the molecule is O=C1NCCCC[C@H]1N(Cc1ccc(N2CCCCC2)nc1)S(=O)(=O)c1ccc(Cl)cc1. The number of pyridine rings is 1. The molecule has 2 aliphatic heterocycles. The monoisotopic (exact) mass is 476 g/mol. The van der Waals surface area contributed by atoms with Gasteiger partial charge in [0.25, 0.3) is 0 Å². The standard InChI is InChI=1S/C23H29ClN4O3S/c24-19-8-10-20(11-9-19)32(30,31)28(21-6-2-3-13-25-23(21)29)17-18-7-12-22(26-16-18)27-14-4-1-5-15-27/h7-12,16,21H,1-6,13-15,17H2,(H,25,29)/t21-/m1/s1.